The first kappa shape index (κ1) is 19.2. The standard InChI is InChI=1S/C18H28N6O3/c1-5-19-16(20-10-14-11(2)23-27-12(14)3)24-8-6-13(7-9-24)18(4)15(25)21-17(26)22-18/h13H,5-10H2,1-4H3,(H,19,20)(H2,21,22,25,26). The molecule has 3 N–H and O–H groups in total. The SMILES string of the molecule is CCNC(=NCc1c(C)noc1C)N1CCC(C2(C)NC(=O)NC2=O)CC1. The van der Waals surface area contributed by atoms with Gasteiger partial charge in [0.15, 0.2) is 5.96 Å². The van der Waals surface area contributed by atoms with Gasteiger partial charge in [-0.2, -0.15) is 0 Å². The molecule has 9 nitrogen and oxygen atoms in total. The minimum atomic E-state index is -0.824. The molecule has 0 saturated carbocycles. The summed E-state index contributed by atoms with van der Waals surface area (Å²) in [6.07, 6.45) is 1.61. The summed E-state index contributed by atoms with van der Waals surface area (Å²) in [5.41, 5.74) is 1.05. The Balaban J connectivity index is 1.66. The maximum Gasteiger partial charge on any atom is 0.322 e. The summed E-state index contributed by atoms with van der Waals surface area (Å²) in [5.74, 6) is 1.51. The lowest BCUT2D eigenvalue weighted by molar-refractivity contribution is -0.125. The summed E-state index contributed by atoms with van der Waals surface area (Å²) in [5, 5.41) is 12.5. The lowest BCUT2D eigenvalue weighted by Crippen LogP contribution is -2.55. The number of nitrogens with one attached hydrogen (secondary N) is 3. The van der Waals surface area contributed by atoms with Gasteiger partial charge in [0.2, 0.25) is 0 Å². The number of likely N-dealkylation sites (tertiary alicyclic amines) is 1. The normalized spacial score (nSPS) is 24.1. The number of aryl methyl sites for hydroxylation is 2. The number of nitrogens with zero attached hydrogens (tertiary/aromatic N) is 3. The Bertz CT molecular complexity index is 731. The lowest BCUT2D eigenvalue weighted by Gasteiger charge is -2.39. The maximum atomic E-state index is 12.2. The zero-order valence-corrected chi connectivity index (χ0v) is 16.4. The Kier molecular flexibility index (Phi) is 5.38. The summed E-state index contributed by atoms with van der Waals surface area (Å²) in [6.45, 7) is 10.5. The summed E-state index contributed by atoms with van der Waals surface area (Å²) >= 11 is 0. The minimum Gasteiger partial charge on any atom is -0.361 e. The van der Waals surface area contributed by atoms with E-state index in [1.165, 1.54) is 0 Å². The molecule has 3 amide bonds. The van der Waals surface area contributed by atoms with Crippen LogP contribution in [-0.2, 0) is 11.3 Å². The van der Waals surface area contributed by atoms with Crippen molar-refractivity contribution in [2.75, 3.05) is 19.6 Å². The molecule has 2 saturated heterocycles. The van der Waals surface area contributed by atoms with Crippen molar-refractivity contribution < 1.29 is 14.1 Å². The highest BCUT2D eigenvalue weighted by Crippen LogP contribution is 2.30. The van der Waals surface area contributed by atoms with E-state index in [9.17, 15) is 9.59 Å². The number of guanidine groups is 1. The van der Waals surface area contributed by atoms with Gasteiger partial charge in [-0.1, -0.05) is 5.16 Å². The molecule has 1 unspecified atom stereocenters. The van der Waals surface area contributed by atoms with Gasteiger partial charge >= 0.3 is 6.03 Å². The van der Waals surface area contributed by atoms with Crippen LogP contribution in [0.25, 0.3) is 0 Å². The van der Waals surface area contributed by atoms with Crippen LogP contribution in [0.1, 0.15) is 43.7 Å². The van der Waals surface area contributed by atoms with Gasteiger partial charge in [-0.3, -0.25) is 10.1 Å². The quantitative estimate of drug-likeness (QED) is 0.412. The molecule has 148 valence electrons. The molecular weight excluding hydrogens is 348 g/mol. The summed E-state index contributed by atoms with van der Waals surface area (Å²) < 4.78 is 5.21. The van der Waals surface area contributed by atoms with Gasteiger partial charge in [0.05, 0.1) is 12.2 Å². The van der Waals surface area contributed by atoms with Crippen LogP contribution in [0.2, 0.25) is 0 Å². The number of aromatic nitrogens is 1. The molecular formula is C18H28N6O3. The number of amides is 3. The third kappa shape index (κ3) is 3.77. The van der Waals surface area contributed by atoms with E-state index < -0.39 is 11.6 Å². The van der Waals surface area contributed by atoms with Crippen LogP contribution in [0.3, 0.4) is 0 Å². The van der Waals surface area contributed by atoms with Crippen molar-refractivity contribution in [2.24, 2.45) is 10.9 Å². The fraction of sp³-hybridized carbons (Fsp3) is 0.667. The predicted molar refractivity (Wildman–Crippen MR) is 100 cm³/mol. The lowest BCUT2D eigenvalue weighted by atomic mass is 9.79. The van der Waals surface area contributed by atoms with Gasteiger partial charge in [-0.25, -0.2) is 9.79 Å². The highest BCUT2D eigenvalue weighted by atomic mass is 16.5. The molecule has 2 aliphatic rings. The zero-order chi connectivity index (χ0) is 19.6. The van der Waals surface area contributed by atoms with Crippen molar-refractivity contribution in [3.8, 4) is 0 Å². The smallest absolute Gasteiger partial charge is 0.322 e. The molecule has 3 rings (SSSR count). The molecule has 3 heterocycles. The van der Waals surface area contributed by atoms with Crippen LogP contribution in [0.5, 0.6) is 0 Å². The van der Waals surface area contributed by atoms with E-state index in [4.69, 9.17) is 9.52 Å². The molecule has 2 aliphatic heterocycles. The van der Waals surface area contributed by atoms with E-state index in [0.29, 0.717) is 6.54 Å². The fourth-order valence-electron chi connectivity index (χ4n) is 3.82. The van der Waals surface area contributed by atoms with E-state index in [1.54, 1.807) is 0 Å². The number of carbonyl (C=O) groups excluding carboxylic acids is 2. The van der Waals surface area contributed by atoms with Crippen LogP contribution in [0.4, 0.5) is 4.79 Å². The van der Waals surface area contributed by atoms with Crippen molar-refractivity contribution in [3.63, 3.8) is 0 Å². The van der Waals surface area contributed by atoms with Crippen LogP contribution < -0.4 is 16.0 Å². The molecule has 0 radical (unpaired) electrons. The average Bonchev–Trinajstić information content (AvgIpc) is 3.10. The zero-order valence-electron chi connectivity index (χ0n) is 16.4. The number of hydrogen-bond acceptors (Lipinski definition) is 5. The van der Waals surface area contributed by atoms with Crippen LogP contribution in [0.15, 0.2) is 9.52 Å². The van der Waals surface area contributed by atoms with Gasteiger partial charge in [-0.05, 0) is 46.5 Å². The Hall–Kier alpha value is -2.58. The van der Waals surface area contributed by atoms with E-state index in [0.717, 1.165) is 55.5 Å². The molecule has 1 aromatic rings. The molecule has 0 aliphatic carbocycles. The number of urea groups is 1. The molecule has 2 fully saturated rings. The average molecular weight is 376 g/mol. The fourth-order valence-corrected chi connectivity index (χ4v) is 3.82. The number of rotatable bonds is 4. The molecule has 9 heteroatoms. The second-order valence-electron chi connectivity index (χ2n) is 7.34. The molecule has 0 aromatic carbocycles. The van der Waals surface area contributed by atoms with Crippen LogP contribution in [-0.4, -0.2) is 53.1 Å². The second kappa shape index (κ2) is 7.58. The third-order valence-electron chi connectivity index (χ3n) is 5.59. The van der Waals surface area contributed by atoms with E-state index >= 15 is 0 Å². The Morgan fingerprint density at radius 3 is 2.59 bits per heavy atom. The Morgan fingerprint density at radius 1 is 1.37 bits per heavy atom. The number of piperidine rings is 1. The molecule has 1 aromatic heterocycles. The molecule has 1 atom stereocenters. The molecule has 27 heavy (non-hydrogen) atoms. The number of carbonyl (C=O) groups is 2. The summed E-state index contributed by atoms with van der Waals surface area (Å²) in [4.78, 5) is 30.6. The monoisotopic (exact) mass is 376 g/mol. The van der Waals surface area contributed by atoms with Crippen molar-refractivity contribution in [3.05, 3.63) is 17.0 Å². The van der Waals surface area contributed by atoms with Crippen molar-refractivity contribution >= 4 is 17.9 Å². The first-order valence-electron chi connectivity index (χ1n) is 9.43. The van der Waals surface area contributed by atoms with Gasteiger partial charge in [0, 0.05) is 25.2 Å². The maximum absolute atomic E-state index is 12.2. The van der Waals surface area contributed by atoms with Crippen molar-refractivity contribution in [1.29, 1.82) is 0 Å². The first-order valence-corrected chi connectivity index (χ1v) is 9.43. The van der Waals surface area contributed by atoms with Crippen LogP contribution in [0, 0.1) is 19.8 Å². The van der Waals surface area contributed by atoms with Gasteiger partial charge < -0.3 is 20.1 Å². The van der Waals surface area contributed by atoms with E-state index in [-0.39, 0.29) is 11.8 Å². The van der Waals surface area contributed by atoms with E-state index in [1.807, 2.05) is 27.7 Å². The van der Waals surface area contributed by atoms with Gasteiger partial charge in [0.1, 0.15) is 11.3 Å². The number of imide groups is 1. The topological polar surface area (TPSA) is 112 Å². The summed E-state index contributed by atoms with van der Waals surface area (Å²) in [6, 6.07) is -0.403. The predicted octanol–water partition coefficient (Wildman–Crippen LogP) is 1.07. The van der Waals surface area contributed by atoms with Gasteiger partial charge in [-0.15, -0.1) is 0 Å². The highest BCUT2D eigenvalue weighted by molar-refractivity contribution is 6.07. The Morgan fingerprint density at radius 2 is 2.07 bits per heavy atom. The summed E-state index contributed by atoms with van der Waals surface area (Å²) in [7, 11) is 0. The number of hydrogen-bond donors (Lipinski definition) is 3. The van der Waals surface area contributed by atoms with Crippen LogP contribution >= 0.6 is 0 Å². The largest absolute Gasteiger partial charge is 0.361 e. The second-order valence-corrected chi connectivity index (χ2v) is 7.34. The van der Waals surface area contributed by atoms with Crippen molar-refractivity contribution in [1.82, 2.24) is 26.0 Å². The van der Waals surface area contributed by atoms with Gasteiger partial charge in [0.25, 0.3) is 5.91 Å². The first-order chi connectivity index (χ1) is 12.8. The highest BCUT2D eigenvalue weighted by Gasteiger charge is 2.48. The Labute approximate surface area is 158 Å². The number of aliphatic imine (C=N–C) groups is 1. The minimum absolute atomic E-state index is 0.102. The molecule has 0 spiro atoms. The van der Waals surface area contributed by atoms with Crippen molar-refractivity contribution in [2.45, 2.75) is 52.6 Å². The molecule has 0 bridgehead atoms. The van der Waals surface area contributed by atoms with E-state index in [2.05, 4.69) is 26.0 Å². The third-order valence-corrected chi connectivity index (χ3v) is 5.59.